The average Bonchev–Trinajstić information content (AvgIpc) is 2.68. The van der Waals surface area contributed by atoms with Crippen LogP contribution in [-0.2, 0) is 0 Å². The summed E-state index contributed by atoms with van der Waals surface area (Å²) in [4.78, 5) is 24.8. The maximum absolute atomic E-state index is 12.4. The third kappa shape index (κ3) is 3.53. The second-order valence-corrected chi connectivity index (χ2v) is 6.54. The molecular formula is C22H19N3O2. The Morgan fingerprint density at radius 1 is 0.926 bits per heavy atom. The standard InChI is InChI=1S/C22H19N3O2/c1-14-9-11-15(12-10-14)21(26)23-17-6-4-5-16(13-17)20-24-19-8-3-2-7-18(19)22(27)25-20/h2-13,20,24H,1H3,(H,23,26)(H,25,27)/t20-/m1/s1. The van der Waals surface area contributed by atoms with Gasteiger partial charge >= 0.3 is 0 Å². The second-order valence-electron chi connectivity index (χ2n) is 6.54. The molecule has 1 heterocycles. The first-order chi connectivity index (χ1) is 13.1. The minimum absolute atomic E-state index is 0.122. The summed E-state index contributed by atoms with van der Waals surface area (Å²) in [6.07, 6.45) is -0.358. The number of para-hydroxylation sites is 1. The Morgan fingerprint density at radius 2 is 1.70 bits per heavy atom. The lowest BCUT2D eigenvalue weighted by Gasteiger charge is -2.28. The Kier molecular flexibility index (Phi) is 4.34. The third-order valence-corrected chi connectivity index (χ3v) is 4.54. The van der Waals surface area contributed by atoms with E-state index in [1.165, 1.54) is 0 Å². The van der Waals surface area contributed by atoms with E-state index in [9.17, 15) is 9.59 Å². The first kappa shape index (κ1) is 16.8. The van der Waals surface area contributed by atoms with Gasteiger partial charge in [-0.05, 0) is 48.9 Å². The normalized spacial score (nSPS) is 15.3. The highest BCUT2D eigenvalue weighted by Gasteiger charge is 2.24. The highest BCUT2D eigenvalue weighted by molar-refractivity contribution is 6.04. The van der Waals surface area contributed by atoms with Crippen LogP contribution in [0.2, 0.25) is 0 Å². The molecule has 1 atom stereocenters. The number of anilines is 2. The van der Waals surface area contributed by atoms with Crippen LogP contribution < -0.4 is 16.0 Å². The molecule has 134 valence electrons. The van der Waals surface area contributed by atoms with Crippen molar-refractivity contribution in [3.8, 4) is 0 Å². The van der Waals surface area contributed by atoms with Gasteiger partial charge in [0, 0.05) is 16.9 Å². The van der Waals surface area contributed by atoms with Gasteiger partial charge in [0.05, 0.1) is 5.56 Å². The number of amides is 2. The SMILES string of the molecule is Cc1ccc(C(=O)Nc2cccc([C@H]3NC(=O)c4ccccc4N3)c2)cc1. The van der Waals surface area contributed by atoms with Crippen LogP contribution >= 0.6 is 0 Å². The highest BCUT2D eigenvalue weighted by Crippen LogP contribution is 2.27. The van der Waals surface area contributed by atoms with E-state index in [1.807, 2.05) is 61.5 Å². The van der Waals surface area contributed by atoms with Gasteiger partial charge in [-0.1, -0.05) is 42.0 Å². The zero-order chi connectivity index (χ0) is 18.8. The van der Waals surface area contributed by atoms with Crippen LogP contribution in [0.4, 0.5) is 11.4 Å². The summed E-state index contributed by atoms with van der Waals surface area (Å²) in [5.41, 5.74) is 4.66. The predicted molar refractivity (Wildman–Crippen MR) is 106 cm³/mol. The van der Waals surface area contributed by atoms with E-state index in [2.05, 4.69) is 16.0 Å². The molecule has 27 heavy (non-hydrogen) atoms. The Morgan fingerprint density at radius 3 is 2.52 bits per heavy atom. The molecule has 4 rings (SSSR count). The molecule has 2 amide bonds. The van der Waals surface area contributed by atoms with Gasteiger partial charge in [0.2, 0.25) is 0 Å². The molecule has 0 aliphatic carbocycles. The molecule has 0 saturated carbocycles. The molecule has 1 aliphatic heterocycles. The molecule has 0 unspecified atom stereocenters. The lowest BCUT2D eigenvalue weighted by Crippen LogP contribution is -2.38. The van der Waals surface area contributed by atoms with E-state index in [1.54, 1.807) is 18.2 Å². The van der Waals surface area contributed by atoms with E-state index in [-0.39, 0.29) is 18.0 Å². The van der Waals surface area contributed by atoms with Crippen molar-refractivity contribution < 1.29 is 9.59 Å². The van der Waals surface area contributed by atoms with Gasteiger partial charge in [0.15, 0.2) is 0 Å². The molecule has 0 spiro atoms. The van der Waals surface area contributed by atoms with Crippen molar-refractivity contribution in [3.63, 3.8) is 0 Å². The van der Waals surface area contributed by atoms with Crippen LogP contribution in [0.25, 0.3) is 0 Å². The van der Waals surface area contributed by atoms with Crippen molar-refractivity contribution in [1.29, 1.82) is 0 Å². The van der Waals surface area contributed by atoms with E-state index in [0.29, 0.717) is 16.8 Å². The summed E-state index contributed by atoms with van der Waals surface area (Å²) in [5, 5.41) is 9.17. The maximum Gasteiger partial charge on any atom is 0.255 e. The van der Waals surface area contributed by atoms with Crippen molar-refractivity contribution >= 4 is 23.2 Å². The third-order valence-electron chi connectivity index (χ3n) is 4.54. The Labute approximate surface area is 157 Å². The number of aryl methyl sites for hydroxylation is 1. The number of fused-ring (bicyclic) bond motifs is 1. The first-order valence-electron chi connectivity index (χ1n) is 8.74. The van der Waals surface area contributed by atoms with E-state index in [4.69, 9.17) is 0 Å². The summed E-state index contributed by atoms with van der Waals surface area (Å²) < 4.78 is 0. The minimum atomic E-state index is -0.358. The van der Waals surface area contributed by atoms with Crippen molar-refractivity contribution in [2.45, 2.75) is 13.1 Å². The topological polar surface area (TPSA) is 70.2 Å². The summed E-state index contributed by atoms with van der Waals surface area (Å²) in [5.74, 6) is -0.290. The zero-order valence-corrected chi connectivity index (χ0v) is 14.8. The molecule has 0 saturated heterocycles. The molecule has 0 bridgehead atoms. The number of carbonyl (C=O) groups excluding carboxylic acids is 2. The predicted octanol–water partition coefficient (Wildman–Crippen LogP) is 4.10. The molecule has 3 N–H and O–H groups in total. The van der Waals surface area contributed by atoms with Crippen LogP contribution in [0.1, 0.15) is 38.0 Å². The summed E-state index contributed by atoms with van der Waals surface area (Å²) >= 11 is 0. The fourth-order valence-electron chi connectivity index (χ4n) is 3.08. The molecule has 3 aromatic carbocycles. The molecule has 1 aliphatic rings. The summed E-state index contributed by atoms with van der Waals surface area (Å²) in [7, 11) is 0. The fourth-order valence-corrected chi connectivity index (χ4v) is 3.08. The number of benzene rings is 3. The molecule has 0 fully saturated rings. The number of hydrogen-bond acceptors (Lipinski definition) is 3. The van der Waals surface area contributed by atoms with E-state index >= 15 is 0 Å². The van der Waals surface area contributed by atoms with Crippen LogP contribution in [0, 0.1) is 6.92 Å². The molecule has 5 heteroatoms. The monoisotopic (exact) mass is 357 g/mol. The summed E-state index contributed by atoms with van der Waals surface area (Å²) in [6.45, 7) is 1.98. The molecular weight excluding hydrogens is 338 g/mol. The molecule has 5 nitrogen and oxygen atoms in total. The van der Waals surface area contributed by atoms with Gasteiger partial charge in [-0.15, -0.1) is 0 Å². The van der Waals surface area contributed by atoms with Gasteiger partial charge in [0.25, 0.3) is 11.8 Å². The largest absolute Gasteiger partial charge is 0.361 e. The van der Waals surface area contributed by atoms with Crippen LogP contribution in [0.5, 0.6) is 0 Å². The van der Waals surface area contributed by atoms with Gasteiger partial charge in [0.1, 0.15) is 6.17 Å². The lowest BCUT2D eigenvalue weighted by atomic mass is 10.1. The molecule has 3 aromatic rings. The molecule has 0 radical (unpaired) electrons. The highest BCUT2D eigenvalue weighted by atomic mass is 16.2. The zero-order valence-electron chi connectivity index (χ0n) is 14.8. The van der Waals surface area contributed by atoms with E-state index in [0.717, 1.165) is 16.8 Å². The average molecular weight is 357 g/mol. The van der Waals surface area contributed by atoms with Crippen LogP contribution in [0.15, 0.2) is 72.8 Å². The fraction of sp³-hybridized carbons (Fsp3) is 0.0909. The van der Waals surface area contributed by atoms with Gasteiger partial charge < -0.3 is 16.0 Å². The number of rotatable bonds is 3. The van der Waals surface area contributed by atoms with Gasteiger partial charge in [-0.2, -0.15) is 0 Å². The summed E-state index contributed by atoms with van der Waals surface area (Å²) in [6, 6.07) is 22.3. The van der Waals surface area contributed by atoms with Crippen LogP contribution in [-0.4, -0.2) is 11.8 Å². The van der Waals surface area contributed by atoms with Crippen molar-refractivity contribution in [1.82, 2.24) is 5.32 Å². The lowest BCUT2D eigenvalue weighted by molar-refractivity contribution is 0.0934. The van der Waals surface area contributed by atoms with Gasteiger partial charge in [-0.25, -0.2) is 0 Å². The first-order valence-corrected chi connectivity index (χ1v) is 8.74. The van der Waals surface area contributed by atoms with Crippen molar-refractivity contribution in [2.24, 2.45) is 0 Å². The number of carbonyl (C=O) groups is 2. The smallest absolute Gasteiger partial charge is 0.255 e. The quantitative estimate of drug-likeness (QED) is 0.661. The Hall–Kier alpha value is -3.60. The van der Waals surface area contributed by atoms with Gasteiger partial charge in [-0.3, -0.25) is 9.59 Å². The number of hydrogen-bond donors (Lipinski definition) is 3. The molecule has 0 aromatic heterocycles. The van der Waals surface area contributed by atoms with Crippen molar-refractivity contribution in [3.05, 3.63) is 95.1 Å². The second kappa shape index (κ2) is 6.96. The maximum atomic E-state index is 12.4. The Bertz CT molecular complexity index is 1010. The number of nitrogens with one attached hydrogen (secondary N) is 3. The minimum Gasteiger partial charge on any atom is -0.361 e. The van der Waals surface area contributed by atoms with Crippen molar-refractivity contribution in [2.75, 3.05) is 10.6 Å². The Balaban J connectivity index is 1.54. The van der Waals surface area contributed by atoms with E-state index < -0.39 is 0 Å². The van der Waals surface area contributed by atoms with Crippen LogP contribution in [0.3, 0.4) is 0 Å².